The first-order valence-electron chi connectivity index (χ1n) is 13.7. The van der Waals surface area contributed by atoms with Crippen molar-refractivity contribution in [3.05, 3.63) is 55.8 Å². The second-order valence-corrected chi connectivity index (χ2v) is 15.4. The van der Waals surface area contributed by atoms with Gasteiger partial charge >= 0.3 is 37.9 Å². The zero-order valence-electron chi connectivity index (χ0n) is 23.3. The molecule has 0 saturated heterocycles. The van der Waals surface area contributed by atoms with Gasteiger partial charge in [0.05, 0.1) is 0 Å². The third-order valence-corrected chi connectivity index (χ3v) is 8.88. The van der Waals surface area contributed by atoms with Gasteiger partial charge in [-0.05, 0) is 85.7 Å². The fourth-order valence-corrected chi connectivity index (χ4v) is 7.52. The molecular formula is C32H52Cl2Zr. The number of halogens is 2. The SMILES string of the molecule is CC1=Cc2ccccc2C1.CC1CC2CCCCC2C1.CC1CC2CCCCC2C1.[CH3-].[CH3-].[Cl][Zr+2][Cl]. The summed E-state index contributed by atoms with van der Waals surface area (Å²) in [4.78, 5) is 0. The zero-order valence-corrected chi connectivity index (χ0v) is 27.3. The molecule has 0 amide bonds. The van der Waals surface area contributed by atoms with E-state index in [-0.39, 0.29) is 14.9 Å². The van der Waals surface area contributed by atoms with Gasteiger partial charge in [-0.15, -0.1) is 0 Å². The van der Waals surface area contributed by atoms with Crippen LogP contribution in [0.1, 0.15) is 109 Å². The van der Waals surface area contributed by atoms with Crippen molar-refractivity contribution in [3.8, 4) is 0 Å². The first kappa shape index (κ1) is 33.5. The van der Waals surface area contributed by atoms with Crippen molar-refractivity contribution < 1.29 is 20.8 Å². The Hall–Kier alpha value is 0.423. The van der Waals surface area contributed by atoms with Gasteiger partial charge in [-0.25, -0.2) is 0 Å². The molecule has 1 aromatic rings. The Morgan fingerprint density at radius 1 is 0.686 bits per heavy atom. The first-order chi connectivity index (χ1) is 16.0. The molecule has 0 nitrogen and oxygen atoms in total. The van der Waals surface area contributed by atoms with Gasteiger partial charge in [-0.2, -0.15) is 0 Å². The Bertz CT molecular complexity index is 672. The maximum absolute atomic E-state index is 4.93. The Balaban J connectivity index is 0.000000242. The van der Waals surface area contributed by atoms with Crippen molar-refractivity contribution in [2.75, 3.05) is 0 Å². The zero-order chi connectivity index (χ0) is 23.6. The molecular weight excluding hydrogens is 546 g/mol. The summed E-state index contributed by atoms with van der Waals surface area (Å²) in [5, 5.41) is 0. The summed E-state index contributed by atoms with van der Waals surface area (Å²) < 4.78 is 0. The Labute approximate surface area is 238 Å². The van der Waals surface area contributed by atoms with Crippen molar-refractivity contribution in [2.24, 2.45) is 35.5 Å². The number of hydrogen-bond donors (Lipinski definition) is 0. The second-order valence-electron chi connectivity index (χ2n) is 11.7. The second kappa shape index (κ2) is 17.8. The fourth-order valence-electron chi connectivity index (χ4n) is 7.52. The Kier molecular flexibility index (Phi) is 17.1. The van der Waals surface area contributed by atoms with E-state index in [1.807, 2.05) is 0 Å². The molecule has 0 N–H and O–H groups in total. The van der Waals surface area contributed by atoms with Crippen LogP contribution in [-0.4, -0.2) is 0 Å². The van der Waals surface area contributed by atoms with E-state index in [0.717, 1.165) is 41.9 Å². The molecule has 4 fully saturated rings. The average molecular weight is 599 g/mol. The summed E-state index contributed by atoms with van der Waals surface area (Å²) in [5.41, 5.74) is 4.35. The molecule has 0 aliphatic heterocycles. The van der Waals surface area contributed by atoms with Gasteiger partial charge in [0.25, 0.3) is 0 Å². The molecule has 35 heavy (non-hydrogen) atoms. The van der Waals surface area contributed by atoms with Crippen molar-refractivity contribution in [1.82, 2.24) is 0 Å². The predicted octanol–water partition coefficient (Wildman–Crippen LogP) is 11.4. The average Bonchev–Trinajstić information content (AvgIpc) is 3.48. The molecule has 1 aromatic carbocycles. The van der Waals surface area contributed by atoms with E-state index in [4.69, 9.17) is 17.0 Å². The van der Waals surface area contributed by atoms with Crippen LogP contribution < -0.4 is 0 Å². The van der Waals surface area contributed by atoms with E-state index < -0.39 is 20.8 Å². The normalized spacial score (nSPS) is 31.4. The van der Waals surface area contributed by atoms with Crippen LogP contribution in [0.5, 0.6) is 0 Å². The summed E-state index contributed by atoms with van der Waals surface area (Å²) in [5.74, 6) is 6.67. The minimum atomic E-state index is -0.826. The monoisotopic (exact) mass is 596 g/mol. The van der Waals surface area contributed by atoms with Gasteiger partial charge in [0.15, 0.2) is 0 Å². The van der Waals surface area contributed by atoms with Crippen molar-refractivity contribution in [2.45, 2.75) is 104 Å². The van der Waals surface area contributed by atoms with Gasteiger partial charge in [-0.3, -0.25) is 0 Å². The topological polar surface area (TPSA) is 0 Å². The molecule has 0 heterocycles. The van der Waals surface area contributed by atoms with Crippen LogP contribution in [0.25, 0.3) is 6.08 Å². The summed E-state index contributed by atoms with van der Waals surface area (Å²) in [7, 11) is 9.87. The van der Waals surface area contributed by atoms with Crippen molar-refractivity contribution >= 4 is 23.1 Å². The molecule has 0 bridgehead atoms. The van der Waals surface area contributed by atoms with E-state index in [1.165, 1.54) is 42.4 Å². The summed E-state index contributed by atoms with van der Waals surface area (Å²) in [6.07, 6.45) is 21.9. The fraction of sp³-hybridized carbons (Fsp3) is 0.688. The van der Waals surface area contributed by atoms with Crippen LogP contribution in [0.15, 0.2) is 29.8 Å². The van der Waals surface area contributed by atoms with Gasteiger partial charge in [0.1, 0.15) is 0 Å². The number of allylic oxidation sites excluding steroid dienone is 1. The van der Waals surface area contributed by atoms with Gasteiger partial charge in [0.2, 0.25) is 0 Å². The van der Waals surface area contributed by atoms with Crippen LogP contribution in [0, 0.1) is 50.4 Å². The van der Waals surface area contributed by atoms with E-state index in [9.17, 15) is 0 Å². The molecule has 3 heteroatoms. The Morgan fingerprint density at radius 3 is 1.43 bits per heavy atom. The molecule has 5 aliphatic rings. The summed E-state index contributed by atoms with van der Waals surface area (Å²) >= 11 is -0.826. The quantitative estimate of drug-likeness (QED) is 0.261. The Morgan fingerprint density at radius 2 is 1.06 bits per heavy atom. The van der Waals surface area contributed by atoms with E-state index in [1.54, 1.807) is 51.4 Å². The van der Waals surface area contributed by atoms with Crippen molar-refractivity contribution in [3.63, 3.8) is 0 Å². The molecule has 6 rings (SSSR count). The maximum atomic E-state index is 4.93. The number of hydrogen-bond acceptors (Lipinski definition) is 0. The molecule has 198 valence electrons. The molecule has 5 aliphatic carbocycles. The van der Waals surface area contributed by atoms with E-state index >= 15 is 0 Å². The van der Waals surface area contributed by atoms with Crippen LogP contribution in [0.3, 0.4) is 0 Å². The number of fused-ring (bicyclic) bond motifs is 3. The summed E-state index contributed by atoms with van der Waals surface area (Å²) in [6, 6.07) is 8.56. The van der Waals surface area contributed by atoms with Crippen molar-refractivity contribution in [1.29, 1.82) is 0 Å². The van der Waals surface area contributed by atoms with E-state index in [0.29, 0.717) is 0 Å². The number of rotatable bonds is 0. The van der Waals surface area contributed by atoms with Gasteiger partial charge < -0.3 is 14.9 Å². The van der Waals surface area contributed by atoms with Crippen LogP contribution >= 0.6 is 17.0 Å². The molecule has 4 unspecified atom stereocenters. The van der Waals surface area contributed by atoms with Crippen LogP contribution in [0.2, 0.25) is 0 Å². The molecule has 4 saturated carbocycles. The van der Waals surface area contributed by atoms with Gasteiger partial charge in [0, 0.05) is 0 Å². The molecule has 0 aromatic heterocycles. The van der Waals surface area contributed by atoms with Gasteiger partial charge in [-0.1, -0.05) is 101 Å². The summed E-state index contributed by atoms with van der Waals surface area (Å²) in [6.45, 7) is 7.04. The standard InChI is InChI=1S/2C10H18.C10H10.2CH3.2ClH.Zr/c3*1-8-6-9-4-2-3-5-10(9)7-8;;;;;/h2*8-10H,2-7H2,1H3;2-6H,7H2,1H3;2*1H3;2*1H;/q;;;2*-1;;;+4/p-2. The van der Waals surface area contributed by atoms with Crippen LogP contribution in [-0.2, 0) is 27.3 Å². The van der Waals surface area contributed by atoms with E-state index in [2.05, 4.69) is 51.1 Å². The third-order valence-electron chi connectivity index (χ3n) is 8.88. The number of benzene rings is 1. The molecule has 0 spiro atoms. The minimum absolute atomic E-state index is 0. The molecule has 0 radical (unpaired) electrons. The first-order valence-corrected chi connectivity index (χ1v) is 20.0. The molecule has 4 atom stereocenters. The third kappa shape index (κ3) is 11.0. The van der Waals surface area contributed by atoms with Crippen LogP contribution in [0.4, 0.5) is 0 Å². The predicted molar refractivity (Wildman–Crippen MR) is 156 cm³/mol.